The first-order valence-corrected chi connectivity index (χ1v) is 7.57. The van der Waals surface area contributed by atoms with E-state index < -0.39 is 0 Å². The summed E-state index contributed by atoms with van der Waals surface area (Å²) >= 11 is 12.6. The maximum absolute atomic E-state index is 6.38. The molecule has 0 saturated heterocycles. The molecule has 0 fully saturated rings. The van der Waals surface area contributed by atoms with E-state index in [1.807, 2.05) is 24.3 Å². The van der Waals surface area contributed by atoms with Crippen molar-refractivity contribution in [3.63, 3.8) is 0 Å². The Balaban J connectivity index is 2.14. The minimum absolute atomic E-state index is 0.239. The molecule has 0 spiro atoms. The van der Waals surface area contributed by atoms with Crippen LogP contribution in [0.25, 0.3) is 0 Å². The van der Waals surface area contributed by atoms with Gasteiger partial charge in [-0.25, -0.2) is 0 Å². The summed E-state index contributed by atoms with van der Waals surface area (Å²) < 4.78 is 0. The SMILES string of the molecule is C#Cc1cccc([C@@H]2CN(C)Cc3c(Cl)cc(Cl)cc32)c1. The van der Waals surface area contributed by atoms with Crippen molar-refractivity contribution in [2.24, 2.45) is 0 Å². The fourth-order valence-corrected chi connectivity index (χ4v) is 3.54. The second kappa shape index (κ2) is 5.73. The van der Waals surface area contributed by atoms with Gasteiger partial charge < -0.3 is 4.90 Å². The summed E-state index contributed by atoms with van der Waals surface area (Å²) in [7, 11) is 2.10. The largest absolute Gasteiger partial charge is 0.301 e. The maximum atomic E-state index is 6.38. The molecule has 0 aliphatic carbocycles. The highest BCUT2D eigenvalue weighted by Gasteiger charge is 2.27. The van der Waals surface area contributed by atoms with Gasteiger partial charge in [0.15, 0.2) is 0 Å². The zero-order valence-corrected chi connectivity index (χ0v) is 13.2. The molecule has 0 saturated carbocycles. The molecule has 2 aromatic rings. The van der Waals surface area contributed by atoms with E-state index in [2.05, 4.69) is 30.0 Å². The lowest BCUT2D eigenvalue weighted by Crippen LogP contribution is -2.31. The van der Waals surface area contributed by atoms with Crippen LogP contribution >= 0.6 is 23.2 Å². The van der Waals surface area contributed by atoms with Gasteiger partial charge in [-0.15, -0.1) is 6.42 Å². The Hall–Kier alpha value is -1.46. The van der Waals surface area contributed by atoms with E-state index in [9.17, 15) is 0 Å². The Bertz CT molecular complexity index is 730. The zero-order valence-electron chi connectivity index (χ0n) is 11.7. The van der Waals surface area contributed by atoms with Crippen molar-refractivity contribution in [1.82, 2.24) is 4.90 Å². The van der Waals surface area contributed by atoms with E-state index in [0.717, 1.165) is 29.2 Å². The Morgan fingerprint density at radius 2 is 2.05 bits per heavy atom. The minimum atomic E-state index is 0.239. The molecule has 21 heavy (non-hydrogen) atoms. The summed E-state index contributed by atoms with van der Waals surface area (Å²) in [5, 5.41) is 1.42. The Morgan fingerprint density at radius 3 is 2.81 bits per heavy atom. The fourth-order valence-electron chi connectivity index (χ4n) is 2.98. The summed E-state index contributed by atoms with van der Waals surface area (Å²) in [5.74, 6) is 2.94. The van der Waals surface area contributed by atoms with Gasteiger partial charge >= 0.3 is 0 Å². The monoisotopic (exact) mass is 315 g/mol. The van der Waals surface area contributed by atoms with Crippen LogP contribution in [0.5, 0.6) is 0 Å². The summed E-state index contributed by atoms with van der Waals surface area (Å²) in [6.07, 6.45) is 5.52. The highest BCUT2D eigenvalue weighted by Crippen LogP contribution is 2.38. The van der Waals surface area contributed by atoms with Crippen LogP contribution in [0.2, 0.25) is 10.0 Å². The van der Waals surface area contributed by atoms with Gasteiger partial charge in [-0.3, -0.25) is 0 Å². The van der Waals surface area contributed by atoms with Gasteiger partial charge in [-0.1, -0.05) is 41.3 Å². The van der Waals surface area contributed by atoms with Crippen molar-refractivity contribution in [2.75, 3.05) is 13.6 Å². The lowest BCUT2D eigenvalue weighted by Gasteiger charge is -2.33. The number of hydrogen-bond acceptors (Lipinski definition) is 1. The number of nitrogens with zero attached hydrogens (tertiary/aromatic N) is 1. The number of likely N-dealkylation sites (N-methyl/N-ethyl adjacent to an activating group) is 1. The van der Waals surface area contributed by atoms with E-state index in [0.29, 0.717) is 5.02 Å². The number of hydrogen-bond donors (Lipinski definition) is 0. The van der Waals surface area contributed by atoms with Crippen LogP contribution in [-0.4, -0.2) is 18.5 Å². The quantitative estimate of drug-likeness (QED) is 0.698. The van der Waals surface area contributed by atoms with Crippen LogP contribution in [0, 0.1) is 12.3 Å². The zero-order chi connectivity index (χ0) is 15.0. The van der Waals surface area contributed by atoms with E-state index in [-0.39, 0.29) is 5.92 Å². The highest BCUT2D eigenvalue weighted by molar-refractivity contribution is 6.35. The summed E-state index contributed by atoms with van der Waals surface area (Å²) in [4.78, 5) is 2.27. The first-order chi connectivity index (χ1) is 10.1. The molecule has 3 heteroatoms. The van der Waals surface area contributed by atoms with Gasteiger partial charge in [0.25, 0.3) is 0 Å². The second-order valence-corrected chi connectivity index (χ2v) is 6.32. The van der Waals surface area contributed by atoms with E-state index in [1.54, 1.807) is 0 Å². The molecule has 1 atom stereocenters. The molecule has 1 nitrogen and oxygen atoms in total. The molecule has 0 radical (unpaired) electrons. The third-order valence-electron chi connectivity index (χ3n) is 3.95. The molecule has 2 aromatic carbocycles. The second-order valence-electron chi connectivity index (χ2n) is 5.47. The number of halogens is 2. The molecule has 1 aliphatic heterocycles. The molecule has 0 amide bonds. The van der Waals surface area contributed by atoms with Gasteiger partial charge in [0.1, 0.15) is 0 Å². The minimum Gasteiger partial charge on any atom is -0.301 e. The molecule has 3 rings (SSSR count). The Kier molecular flexibility index (Phi) is 3.95. The molecule has 0 N–H and O–H groups in total. The highest BCUT2D eigenvalue weighted by atomic mass is 35.5. The molecule has 106 valence electrons. The van der Waals surface area contributed by atoms with Crippen LogP contribution in [0.1, 0.15) is 28.2 Å². The summed E-state index contributed by atoms with van der Waals surface area (Å²) in [5.41, 5.74) is 4.47. The topological polar surface area (TPSA) is 3.24 Å². The smallest absolute Gasteiger partial charge is 0.0468 e. The third-order valence-corrected chi connectivity index (χ3v) is 4.50. The van der Waals surface area contributed by atoms with Crippen molar-refractivity contribution in [2.45, 2.75) is 12.5 Å². The first-order valence-electron chi connectivity index (χ1n) is 6.81. The van der Waals surface area contributed by atoms with Crippen molar-refractivity contribution in [1.29, 1.82) is 0 Å². The standard InChI is InChI=1S/C18H15Cl2N/c1-3-12-5-4-6-13(7-12)16-10-21(2)11-17-15(16)8-14(19)9-18(17)20/h1,4-9,16H,10-11H2,2H3/t16-/m0/s1. The normalized spacial score (nSPS) is 18.1. The number of terminal acetylenes is 1. The van der Waals surface area contributed by atoms with Crippen molar-refractivity contribution in [3.8, 4) is 12.3 Å². The molecule has 1 heterocycles. The van der Waals surface area contributed by atoms with Crippen molar-refractivity contribution < 1.29 is 0 Å². The lowest BCUT2D eigenvalue weighted by molar-refractivity contribution is 0.295. The predicted octanol–water partition coefficient (Wildman–Crippen LogP) is 4.55. The Labute approximate surface area is 135 Å². The third kappa shape index (κ3) is 2.80. The first kappa shape index (κ1) is 14.5. The number of fused-ring (bicyclic) bond motifs is 1. The summed E-state index contributed by atoms with van der Waals surface area (Å²) in [6.45, 7) is 1.77. The van der Waals surface area contributed by atoms with Gasteiger partial charge in [-0.2, -0.15) is 0 Å². The van der Waals surface area contributed by atoms with Gasteiger partial charge in [0.2, 0.25) is 0 Å². The lowest BCUT2D eigenvalue weighted by atomic mass is 9.84. The van der Waals surface area contributed by atoms with E-state index in [4.69, 9.17) is 29.6 Å². The van der Waals surface area contributed by atoms with Gasteiger partial charge in [0.05, 0.1) is 0 Å². The van der Waals surface area contributed by atoms with Crippen LogP contribution in [-0.2, 0) is 6.54 Å². The summed E-state index contributed by atoms with van der Waals surface area (Å²) in [6, 6.07) is 12.0. The predicted molar refractivity (Wildman–Crippen MR) is 89.0 cm³/mol. The molecule has 1 aliphatic rings. The van der Waals surface area contributed by atoms with Crippen molar-refractivity contribution in [3.05, 3.63) is 68.7 Å². The molecule has 0 aromatic heterocycles. The molecular weight excluding hydrogens is 301 g/mol. The molecule has 0 bridgehead atoms. The molecular formula is C18H15Cl2N. The number of benzene rings is 2. The fraction of sp³-hybridized carbons (Fsp3) is 0.222. The van der Waals surface area contributed by atoms with Crippen LogP contribution < -0.4 is 0 Å². The van der Waals surface area contributed by atoms with E-state index in [1.165, 1.54) is 11.1 Å². The van der Waals surface area contributed by atoms with Crippen LogP contribution in [0.3, 0.4) is 0 Å². The average Bonchev–Trinajstić information content (AvgIpc) is 2.47. The van der Waals surface area contributed by atoms with Gasteiger partial charge in [0, 0.05) is 34.6 Å². The maximum Gasteiger partial charge on any atom is 0.0468 e. The van der Waals surface area contributed by atoms with E-state index >= 15 is 0 Å². The number of rotatable bonds is 1. The van der Waals surface area contributed by atoms with Crippen LogP contribution in [0.4, 0.5) is 0 Å². The molecule has 0 unspecified atom stereocenters. The van der Waals surface area contributed by atoms with Crippen LogP contribution in [0.15, 0.2) is 36.4 Å². The Morgan fingerprint density at radius 1 is 1.24 bits per heavy atom. The van der Waals surface area contributed by atoms with Gasteiger partial charge in [-0.05, 0) is 48.0 Å². The van der Waals surface area contributed by atoms with Crippen molar-refractivity contribution >= 4 is 23.2 Å². The average molecular weight is 316 g/mol.